The van der Waals surface area contributed by atoms with Crippen LogP contribution in [0.5, 0.6) is 0 Å². The van der Waals surface area contributed by atoms with Gasteiger partial charge in [0.1, 0.15) is 5.82 Å². The van der Waals surface area contributed by atoms with Crippen LogP contribution in [0, 0.1) is 0 Å². The molecule has 0 aliphatic carbocycles. The van der Waals surface area contributed by atoms with Crippen LogP contribution in [0.2, 0.25) is 0 Å². The lowest BCUT2D eigenvalue weighted by Gasteiger charge is -2.07. The molecule has 0 atom stereocenters. The number of nitrogens with zero attached hydrogens (tertiary/aromatic N) is 2. The third-order valence-corrected chi connectivity index (χ3v) is 5.14. The van der Waals surface area contributed by atoms with Gasteiger partial charge in [-0.2, -0.15) is 0 Å². The maximum atomic E-state index is 12.5. The predicted octanol–water partition coefficient (Wildman–Crippen LogP) is 4.13. The van der Waals surface area contributed by atoms with Crippen molar-refractivity contribution in [3.05, 3.63) is 65.5 Å². The normalized spacial score (nSPS) is 14.0. The minimum absolute atomic E-state index is 0.0110. The van der Waals surface area contributed by atoms with Crippen molar-refractivity contribution in [3.63, 3.8) is 0 Å². The van der Waals surface area contributed by atoms with Crippen molar-refractivity contribution in [2.45, 2.75) is 45.1 Å². The van der Waals surface area contributed by atoms with Gasteiger partial charge in [-0.3, -0.25) is 4.79 Å². The van der Waals surface area contributed by atoms with Gasteiger partial charge in [0.2, 0.25) is 0 Å². The fourth-order valence-corrected chi connectivity index (χ4v) is 3.73. The molecule has 0 saturated carbocycles. The summed E-state index contributed by atoms with van der Waals surface area (Å²) in [7, 11) is 0. The fraction of sp³-hybridized carbons (Fsp3) is 0.364. The van der Waals surface area contributed by atoms with E-state index >= 15 is 0 Å². The smallest absolute Gasteiger partial charge is 0.251 e. The third-order valence-electron chi connectivity index (χ3n) is 5.14. The number of hydrogen-bond acceptors (Lipinski definition) is 2. The summed E-state index contributed by atoms with van der Waals surface area (Å²) in [6.07, 6.45) is 6.65. The van der Waals surface area contributed by atoms with E-state index in [0.29, 0.717) is 12.1 Å². The second-order valence-electron chi connectivity index (χ2n) is 7.04. The van der Waals surface area contributed by atoms with Crippen LogP contribution in [0.3, 0.4) is 0 Å². The summed E-state index contributed by atoms with van der Waals surface area (Å²) in [4.78, 5) is 17.2. The molecule has 1 aromatic heterocycles. The molecule has 4 nitrogen and oxygen atoms in total. The predicted molar refractivity (Wildman–Crippen MR) is 104 cm³/mol. The molecule has 1 aliphatic rings. The van der Waals surface area contributed by atoms with Crippen LogP contribution in [-0.4, -0.2) is 22.0 Å². The van der Waals surface area contributed by atoms with E-state index in [1.54, 1.807) is 0 Å². The minimum Gasteiger partial charge on any atom is -0.352 e. The Morgan fingerprint density at radius 3 is 2.85 bits per heavy atom. The number of aryl methyl sites for hydroxylation is 3. The van der Waals surface area contributed by atoms with Crippen LogP contribution in [0.4, 0.5) is 0 Å². The van der Waals surface area contributed by atoms with Crippen molar-refractivity contribution in [1.29, 1.82) is 0 Å². The zero-order valence-corrected chi connectivity index (χ0v) is 15.1. The molecule has 1 aliphatic heterocycles. The molecule has 2 heterocycles. The Bertz CT molecular complexity index is 898. The van der Waals surface area contributed by atoms with Gasteiger partial charge in [0, 0.05) is 25.1 Å². The number of hydrogen-bond donors (Lipinski definition) is 1. The number of carbonyl (C=O) groups excluding carboxylic acids is 1. The van der Waals surface area contributed by atoms with E-state index < -0.39 is 0 Å². The number of aromatic nitrogens is 2. The monoisotopic (exact) mass is 347 g/mol. The second-order valence-corrected chi connectivity index (χ2v) is 7.04. The highest BCUT2D eigenvalue weighted by atomic mass is 16.1. The topological polar surface area (TPSA) is 46.9 Å². The van der Waals surface area contributed by atoms with Crippen molar-refractivity contribution < 1.29 is 4.79 Å². The molecule has 2 aromatic carbocycles. The van der Waals surface area contributed by atoms with Gasteiger partial charge in [0.25, 0.3) is 5.91 Å². The minimum atomic E-state index is -0.0110. The number of carbonyl (C=O) groups is 1. The van der Waals surface area contributed by atoms with E-state index in [2.05, 4.69) is 40.2 Å². The first-order valence-electron chi connectivity index (χ1n) is 9.62. The van der Waals surface area contributed by atoms with E-state index in [0.717, 1.165) is 42.7 Å². The Morgan fingerprint density at radius 2 is 1.96 bits per heavy atom. The van der Waals surface area contributed by atoms with Crippen molar-refractivity contribution in [3.8, 4) is 0 Å². The quantitative estimate of drug-likeness (QED) is 0.706. The highest BCUT2D eigenvalue weighted by Crippen LogP contribution is 2.22. The average molecular weight is 347 g/mol. The van der Waals surface area contributed by atoms with Gasteiger partial charge in [0.05, 0.1) is 11.0 Å². The first-order chi connectivity index (χ1) is 12.8. The molecule has 134 valence electrons. The lowest BCUT2D eigenvalue weighted by atomic mass is 10.1. The molecule has 4 heteroatoms. The zero-order chi connectivity index (χ0) is 17.8. The van der Waals surface area contributed by atoms with Gasteiger partial charge >= 0.3 is 0 Å². The van der Waals surface area contributed by atoms with E-state index in [4.69, 9.17) is 4.98 Å². The van der Waals surface area contributed by atoms with Crippen LogP contribution in [0.1, 0.15) is 47.4 Å². The van der Waals surface area contributed by atoms with Crippen LogP contribution in [-0.2, 0) is 19.4 Å². The summed E-state index contributed by atoms with van der Waals surface area (Å²) in [6.45, 7) is 1.72. The van der Waals surface area contributed by atoms with Crippen LogP contribution in [0.15, 0.2) is 48.5 Å². The molecular weight excluding hydrogens is 322 g/mol. The van der Waals surface area contributed by atoms with Gasteiger partial charge in [-0.15, -0.1) is 0 Å². The Kier molecular flexibility index (Phi) is 5.00. The number of benzene rings is 2. The summed E-state index contributed by atoms with van der Waals surface area (Å²) < 4.78 is 2.32. The molecular formula is C22H25N3O. The molecule has 0 bridgehead atoms. The third kappa shape index (κ3) is 3.64. The molecule has 1 N–H and O–H groups in total. The van der Waals surface area contributed by atoms with E-state index in [9.17, 15) is 4.79 Å². The summed E-state index contributed by atoms with van der Waals surface area (Å²) in [6, 6.07) is 16.3. The number of nitrogens with one attached hydrogen (secondary N) is 1. The molecule has 0 unspecified atom stereocenters. The Hall–Kier alpha value is -2.62. The lowest BCUT2D eigenvalue weighted by molar-refractivity contribution is 0.0953. The number of fused-ring (bicyclic) bond motifs is 3. The van der Waals surface area contributed by atoms with E-state index in [1.807, 2.05) is 18.2 Å². The first kappa shape index (κ1) is 16.8. The second kappa shape index (κ2) is 7.73. The molecule has 4 rings (SSSR count). The summed E-state index contributed by atoms with van der Waals surface area (Å²) in [5, 5.41) is 3.03. The van der Waals surface area contributed by atoms with Gasteiger partial charge < -0.3 is 9.88 Å². The molecule has 3 aromatic rings. The van der Waals surface area contributed by atoms with Gasteiger partial charge in [-0.05, 0) is 49.4 Å². The number of rotatable bonds is 5. The van der Waals surface area contributed by atoms with E-state index in [1.165, 1.54) is 24.8 Å². The Labute approximate surface area is 154 Å². The molecule has 0 spiro atoms. The Balaban J connectivity index is 1.39. The number of imidazole rings is 1. The van der Waals surface area contributed by atoms with E-state index in [-0.39, 0.29) is 5.91 Å². The molecule has 0 fully saturated rings. The largest absolute Gasteiger partial charge is 0.352 e. The number of amides is 1. The molecule has 0 radical (unpaired) electrons. The fourth-order valence-electron chi connectivity index (χ4n) is 3.73. The van der Waals surface area contributed by atoms with Crippen LogP contribution in [0.25, 0.3) is 11.0 Å². The van der Waals surface area contributed by atoms with Gasteiger partial charge in [0.15, 0.2) is 0 Å². The maximum Gasteiger partial charge on any atom is 0.251 e. The van der Waals surface area contributed by atoms with Gasteiger partial charge in [-0.25, -0.2) is 4.98 Å². The summed E-state index contributed by atoms with van der Waals surface area (Å²) in [5.41, 5.74) is 4.11. The Morgan fingerprint density at radius 1 is 1.08 bits per heavy atom. The van der Waals surface area contributed by atoms with Crippen molar-refractivity contribution >= 4 is 16.9 Å². The lowest BCUT2D eigenvalue weighted by Crippen LogP contribution is -2.24. The molecule has 1 amide bonds. The first-order valence-corrected chi connectivity index (χ1v) is 9.62. The average Bonchev–Trinajstić information content (AvgIpc) is 2.85. The van der Waals surface area contributed by atoms with Crippen LogP contribution >= 0.6 is 0 Å². The van der Waals surface area contributed by atoms with Crippen molar-refractivity contribution in [2.75, 3.05) is 6.54 Å². The standard InChI is InChI=1S/C22H25N3O/c26-22(23-14-7-10-17-8-3-1-4-9-17)18-12-13-20-19(16-18)24-21-11-5-2-6-15-25(20)21/h1,3-4,8-9,12-13,16H,2,5-7,10-11,14-15H2,(H,23,26). The highest BCUT2D eigenvalue weighted by Gasteiger charge is 2.15. The molecule has 26 heavy (non-hydrogen) atoms. The van der Waals surface area contributed by atoms with Crippen molar-refractivity contribution in [2.24, 2.45) is 0 Å². The SMILES string of the molecule is O=C(NCCCc1ccccc1)c1ccc2c(c1)nc1n2CCCCC1. The van der Waals surface area contributed by atoms with Crippen LogP contribution < -0.4 is 5.32 Å². The van der Waals surface area contributed by atoms with Crippen molar-refractivity contribution in [1.82, 2.24) is 14.9 Å². The van der Waals surface area contributed by atoms with Gasteiger partial charge in [-0.1, -0.05) is 36.8 Å². The highest BCUT2D eigenvalue weighted by molar-refractivity contribution is 5.97. The maximum absolute atomic E-state index is 12.5. The summed E-state index contributed by atoms with van der Waals surface area (Å²) >= 11 is 0. The summed E-state index contributed by atoms with van der Waals surface area (Å²) in [5.74, 6) is 1.15. The zero-order valence-electron chi connectivity index (χ0n) is 15.1. The molecule has 0 saturated heterocycles.